The number of carbonyl (C=O) groups is 1. The molecule has 0 spiro atoms. The van der Waals surface area contributed by atoms with Gasteiger partial charge < -0.3 is 5.32 Å². The standard InChI is InChI=1S/C14H12N4O3/c1-9-5-14(6-9,8-16)13(19)17-11-3-2-10(7-15)4-12(11)18(20)21/h2-4,9H,5-6H2,1H3,(H,17,19). The molecule has 7 nitrogen and oxygen atoms in total. The summed E-state index contributed by atoms with van der Waals surface area (Å²) in [4.78, 5) is 22.5. The van der Waals surface area contributed by atoms with Crippen LogP contribution in [0.25, 0.3) is 0 Å². The maximum Gasteiger partial charge on any atom is 0.294 e. The van der Waals surface area contributed by atoms with Crippen molar-refractivity contribution in [2.45, 2.75) is 19.8 Å². The van der Waals surface area contributed by atoms with E-state index in [1.165, 1.54) is 12.1 Å². The summed E-state index contributed by atoms with van der Waals surface area (Å²) in [6.45, 7) is 1.94. The highest BCUT2D eigenvalue weighted by atomic mass is 16.6. The van der Waals surface area contributed by atoms with E-state index in [0.717, 1.165) is 6.07 Å². The zero-order valence-corrected chi connectivity index (χ0v) is 11.3. The van der Waals surface area contributed by atoms with Crippen molar-refractivity contribution in [3.8, 4) is 12.1 Å². The second kappa shape index (κ2) is 5.22. The molecule has 0 bridgehead atoms. The van der Waals surface area contributed by atoms with Crippen molar-refractivity contribution in [2.75, 3.05) is 5.32 Å². The van der Waals surface area contributed by atoms with Gasteiger partial charge >= 0.3 is 0 Å². The van der Waals surface area contributed by atoms with Crippen molar-refractivity contribution >= 4 is 17.3 Å². The summed E-state index contributed by atoms with van der Waals surface area (Å²) in [7, 11) is 0. The first-order chi connectivity index (χ1) is 9.91. The molecule has 1 fully saturated rings. The Labute approximate surface area is 120 Å². The topological polar surface area (TPSA) is 120 Å². The Hall–Kier alpha value is -2.93. The maximum absolute atomic E-state index is 12.2. The van der Waals surface area contributed by atoms with Crippen molar-refractivity contribution in [2.24, 2.45) is 11.3 Å². The molecular formula is C14H12N4O3. The van der Waals surface area contributed by atoms with Crippen LogP contribution in [-0.2, 0) is 4.79 Å². The first-order valence-corrected chi connectivity index (χ1v) is 6.33. The minimum Gasteiger partial charge on any atom is -0.319 e. The maximum atomic E-state index is 12.2. The summed E-state index contributed by atoms with van der Waals surface area (Å²) in [5, 5.41) is 31.4. The van der Waals surface area contributed by atoms with E-state index in [1.807, 2.05) is 13.0 Å². The van der Waals surface area contributed by atoms with Gasteiger partial charge in [-0.15, -0.1) is 0 Å². The Bertz CT molecular complexity index is 693. The van der Waals surface area contributed by atoms with Gasteiger partial charge in [0, 0.05) is 6.07 Å². The molecule has 1 aliphatic rings. The zero-order chi connectivity index (χ0) is 15.6. The summed E-state index contributed by atoms with van der Waals surface area (Å²) < 4.78 is 0. The number of nitriles is 2. The Morgan fingerprint density at radius 3 is 2.62 bits per heavy atom. The third kappa shape index (κ3) is 2.54. The minimum absolute atomic E-state index is 0.00169. The molecule has 2 rings (SSSR count). The summed E-state index contributed by atoms with van der Waals surface area (Å²) in [6, 6.07) is 7.59. The molecule has 1 saturated carbocycles. The molecule has 0 radical (unpaired) electrons. The van der Waals surface area contributed by atoms with Crippen LogP contribution >= 0.6 is 0 Å². The van der Waals surface area contributed by atoms with Gasteiger partial charge in [-0.05, 0) is 30.9 Å². The Morgan fingerprint density at radius 2 is 2.14 bits per heavy atom. The average Bonchev–Trinajstić information content (AvgIpc) is 2.43. The molecular weight excluding hydrogens is 272 g/mol. The molecule has 7 heteroatoms. The summed E-state index contributed by atoms with van der Waals surface area (Å²) >= 11 is 0. The molecule has 0 aromatic heterocycles. The number of benzene rings is 1. The molecule has 0 atom stereocenters. The second-order valence-electron chi connectivity index (χ2n) is 5.26. The van der Waals surface area contributed by atoms with E-state index in [-0.39, 0.29) is 22.9 Å². The number of hydrogen-bond acceptors (Lipinski definition) is 5. The number of rotatable bonds is 3. The predicted octanol–water partition coefficient (Wildman–Crippen LogP) is 2.34. The van der Waals surface area contributed by atoms with Crippen molar-refractivity contribution < 1.29 is 9.72 Å². The SMILES string of the molecule is CC1CC(C#N)(C(=O)Nc2ccc(C#N)cc2[N+](=O)[O-])C1. The third-order valence-electron chi connectivity index (χ3n) is 3.61. The van der Waals surface area contributed by atoms with Crippen molar-refractivity contribution in [1.82, 2.24) is 0 Å². The van der Waals surface area contributed by atoms with Crippen LogP contribution in [0.5, 0.6) is 0 Å². The fourth-order valence-electron chi connectivity index (χ4n) is 2.56. The van der Waals surface area contributed by atoms with Crippen LogP contribution in [0.4, 0.5) is 11.4 Å². The Kier molecular flexibility index (Phi) is 3.60. The molecule has 0 aliphatic heterocycles. The van der Waals surface area contributed by atoms with E-state index in [0.29, 0.717) is 12.8 Å². The Morgan fingerprint density at radius 1 is 1.48 bits per heavy atom. The number of nitro benzene ring substituents is 1. The average molecular weight is 284 g/mol. The number of nitro groups is 1. The summed E-state index contributed by atoms with van der Waals surface area (Å²) in [5.41, 5.74) is -1.34. The highest BCUT2D eigenvalue weighted by molar-refractivity contribution is 5.99. The number of anilines is 1. The molecule has 0 heterocycles. The van der Waals surface area contributed by atoms with Gasteiger partial charge in [0.15, 0.2) is 0 Å². The molecule has 106 valence electrons. The molecule has 1 amide bonds. The monoisotopic (exact) mass is 284 g/mol. The highest BCUT2D eigenvalue weighted by Crippen LogP contribution is 2.46. The number of hydrogen-bond donors (Lipinski definition) is 1. The molecule has 1 aromatic rings. The van der Waals surface area contributed by atoms with Gasteiger partial charge in [-0.1, -0.05) is 6.92 Å². The predicted molar refractivity (Wildman–Crippen MR) is 72.9 cm³/mol. The van der Waals surface area contributed by atoms with Gasteiger partial charge in [-0.25, -0.2) is 0 Å². The largest absolute Gasteiger partial charge is 0.319 e. The lowest BCUT2D eigenvalue weighted by atomic mass is 9.63. The summed E-state index contributed by atoms with van der Waals surface area (Å²) in [5.74, 6) is -0.248. The Balaban J connectivity index is 2.28. The minimum atomic E-state index is -1.11. The highest BCUT2D eigenvalue weighted by Gasteiger charge is 2.49. The van der Waals surface area contributed by atoms with Gasteiger partial charge in [0.2, 0.25) is 5.91 Å². The molecule has 0 saturated heterocycles. The molecule has 1 aliphatic carbocycles. The van der Waals surface area contributed by atoms with Crippen LogP contribution in [0, 0.1) is 44.1 Å². The van der Waals surface area contributed by atoms with E-state index in [4.69, 9.17) is 5.26 Å². The summed E-state index contributed by atoms with van der Waals surface area (Å²) in [6.07, 6.45) is 0.888. The first-order valence-electron chi connectivity index (χ1n) is 6.33. The normalized spacial score (nSPS) is 23.3. The molecule has 1 N–H and O–H groups in total. The van der Waals surface area contributed by atoms with Crippen molar-refractivity contribution in [3.63, 3.8) is 0 Å². The molecule has 21 heavy (non-hydrogen) atoms. The van der Waals surface area contributed by atoms with Gasteiger partial charge in [0.25, 0.3) is 5.69 Å². The van der Waals surface area contributed by atoms with E-state index in [2.05, 4.69) is 5.32 Å². The van der Waals surface area contributed by atoms with E-state index >= 15 is 0 Å². The van der Waals surface area contributed by atoms with Gasteiger partial charge in [-0.3, -0.25) is 14.9 Å². The first kappa shape index (κ1) is 14.5. The van der Waals surface area contributed by atoms with Gasteiger partial charge in [-0.2, -0.15) is 10.5 Å². The number of nitrogens with one attached hydrogen (secondary N) is 1. The van der Waals surface area contributed by atoms with Crippen LogP contribution in [0.15, 0.2) is 18.2 Å². The second-order valence-corrected chi connectivity index (χ2v) is 5.26. The van der Waals surface area contributed by atoms with Crippen molar-refractivity contribution in [1.29, 1.82) is 10.5 Å². The lowest BCUT2D eigenvalue weighted by molar-refractivity contribution is -0.384. The van der Waals surface area contributed by atoms with Crippen LogP contribution in [0.1, 0.15) is 25.3 Å². The fourth-order valence-corrected chi connectivity index (χ4v) is 2.56. The van der Waals surface area contributed by atoms with Crippen LogP contribution in [0.3, 0.4) is 0 Å². The van der Waals surface area contributed by atoms with E-state index in [9.17, 15) is 20.2 Å². The fraction of sp³-hybridized carbons (Fsp3) is 0.357. The molecule has 0 unspecified atom stereocenters. The van der Waals surface area contributed by atoms with E-state index < -0.39 is 16.2 Å². The number of carbonyl (C=O) groups excluding carboxylic acids is 1. The van der Waals surface area contributed by atoms with Crippen LogP contribution < -0.4 is 5.32 Å². The quantitative estimate of drug-likeness (QED) is 0.674. The van der Waals surface area contributed by atoms with E-state index in [1.54, 1.807) is 6.07 Å². The van der Waals surface area contributed by atoms with Crippen LogP contribution in [-0.4, -0.2) is 10.8 Å². The molecule has 1 aromatic carbocycles. The smallest absolute Gasteiger partial charge is 0.294 e. The lowest BCUT2D eigenvalue weighted by Crippen LogP contribution is -2.45. The lowest BCUT2D eigenvalue weighted by Gasteiger charge is -2.39. The van der Waals surface area contributed by atoms with Gasteiger partial charge in [0.1, 0.15) is 11.1 Å². The van der Waals surface area contributed by atoms with Crippen LogP contribution in [0.2, 0.25) is 0 Å². The van der Waals surface area contributed by atoms with Crippen molar-refractivity contribution in [3.05, 3.63) is 33.9 Å². The third-order valence-corrected chi connectivity index (χ3v) is 3.61. The zero-order valence-electron chi connectivity index (χ0n) is 11.3. The van der Waals surface area contributed by atoms with Gasteiger partial charge in [0.05, 0.1) is 22.6 Å². The number of nitrogens with zero attached hydrogens (tertiary/aromatic N) is 3. The number of amides is 1.